The van der Waals surface area contributed by atoms with E-state index in [1.807, 2.05) is 37.3 Å². The summed E-state index contributed by atoms with van der Waals surface area (Å²) in [6.45, 7) is 2.32. The molecule has 3 aromatic rings. The topological polar surface area (TPSA) is 112 Å². The van der Waals surface area contributed by atoms with Crippen molar-refractivity contribution < 1.29 is 19.5 Å². The molecule has 0 bridgehead atoms. The number of aliphatic carboxylic acids is 1. The van der Waals surface area contributed by atoms with Gasteiger partial charge in [-0.1, -0.05) is 31.2 Å². The summed E-state index contributed by atoms with van der Waals surface area (Å²) < 4.78 is 0.790. The van der Waals surface area contributed by atoms with Gasteiger partial charge in [0.2, 0.25) is 5.91 Å². The van der Waals surface area contributed by atoms with Crippen LogP contribution in [0, 0.1) is 5.92 Å². The lowest BCUT2D eigenvalue weighted by atomic mass is 9.97. The molecular weight excluding hydrogens is 520 g/mol. The second-order valence-corrected chi connectivity index (χ2v) is 10.1. The van der Waals surface area contributed by atoms with Gasteiger partial charge in [-0.2, -0.15) is 0 Å². The second-order valence-electron chi connectivity index (χ2n) is 8.05. The zero-order chi connectivity index (χ0) is 24.2. The summed E-state index contributed by atoms with van der Waals surface area (Å²) in [6.07, 6.45) is 4.46. The van der Waals surface area contributed by atoms with E-state index >= 15 is 0 Å². The number of benzene rings is 1. The lowest BCUT2D eigenvalue weighted by Gasteiger charge is -2.38. The number of likely N-dealkylation sites (tertiary alicyclic amines) is 1. The van der Waals surface area contributed by atoms with Crippen molar-refractivity contribution in [3.8, 4) is 11.4 Å². The molecule has 10 heteroatoms. The van der Waals surface area contributed by atoms with E-state index in [1.165, 1.54) is 16.2 Å². The van der Waals surface area contributed by atoms with Crippen molar-refractivity contribution in [1.29, 1.82) is 0 Å². The fourth-order valence-electron chi connectivity index (χ4n) is 3.64. The molecule has 0 aliphatic carbocycles. The van der Waals surface area contributed by atoms with Crippen LogP contribution >= 0.6 is 27.3 Å². The number of carboxylic acids is 1. The smallest absolute Gasteiger partial charge is 0.310 e. The van der Waals surface area contributed by atoms with Crippen LogP contribution in [0.25, 0.3) is 11.4 Å². The molecule has 8 nitrogen and oxygen atoms in total. The minimum Gasteiger partial charge on any atom is -0.481 e. The number of aromatic nitrogens is 2. The average Bonchev–Trinajstić information content (AvgIpc) is 3.28. The highest BCUT2D eigenvalue weighted by molar-refractivity contribution is 9.10. The Kier molecular flexibility index (Phi) is 7.38. The van der Waals surface area contributed by atoms with Crippen LogP contribution in [0.15, 0.2) is 53.3 Å². The largest absolute Gasteiger partial charge is 0.481 e. The van der Waals surface area contributed by atoms with E-state index < -0.39 is 17.9 Å². The number of halogens is 1. The number of carbonyl (C=O) groups is 3. The molecule has 2 amide bonds. The fraction of sp³-hybridized carbons (Fsp3) is 0.292. The second kappa shape index (κ2) is 10.4. The maximum absolute atomic E-state index is 13.1. The van der Waals surface area contributed by atoms with Crippen LogP contribution in [-0.2, 0) is 22.4 Å². The third-order valence-electron chi connectivity index (χ3n) is 5.65. The van der Waals surface area contributed by atoms with Gasteiger partial charge in [0.1, 0.15) is 6.04 Å². The van der Waals surface area contributed by atoms with Crippen LogP contribution in [0.4, 0.5) is 0 Å². The summed E-state index contributed by atoms with van der Waals surface area (Å²) >= 11 is 4.72. The van der Waals surface area contributed by atoms with Crippen molar-refractivity contribution in [3.63, 3.8) is 0 Å². The molecular formula is C24H23BrN4O4S. The quantitative estimate of drug-likeness (QED) is 0.451. The molecule has 1 aliphatic heterocycles. The van der Waals surface area contributed by atoms with Crippen molar-refractivity contribution in [2.24, 2.45) is 5.92 Å². The molecule has 1 aromatic carbocycles. The number of nitrogens with one attached hydrogen (secondary N) is 1. The van der Waals surface area contributed by atoms with Gasteiger partial charge >= 0.3 is 5.97 Å². The summed E-state index contributed by atoms with van der Waals surface area (Å²) in [5, 5.41) is 12.0. The summed E-state index contributed by atoms with van der Waals surface area (Å²) in [4.78, 5) is 48.9. The molecule has 0 unspecified atom stereocenters. The molecule has 1 fully saturated rings. The number of amides is 2. The highest BCUT2D eigenvalue weighted by atomic mass is 79.9. The van der Waals surface area contributed by atoms with Crippen molar-refractivity contribution in [2.75, 3.05) is 13.1 Å². The summed E-state index contributed by atoms with van der Waals surface area (Å²) in [6, 6.07) is 10.4. The van der Waals surface area contributed by atoms with Gasteiger partial charge in [0, 0.05) is 42.3 Å². The number of hydrogen-bond donors (Lipinski definition) is 2. The van der Waals surface area contributed by atoms with Crippen LogP contribution in [0.1, 0.15) is 27.0 Å². The Morgan fingerprint density at radius 3 is 2.41 bits per heavy atom. The standard InChI is InChI=1S/C24H23BrN4O4S/c1-2-18-7-8-20(34-18)22(30)28-19(23(31)29-12-16(13-29)24(32)33)9-14-3-5-15(6-4-14)21-26-10-17(25)11-27-21/h3-8,10-11,16,19H,2,9,12-13H2,1H3,(H,28,30)(H,32,33)/t19-/m0/s1. The van der Waals surface area contributed by atoms with E-state index in [2.05, 4.69) is 31.2 Å². The average molecular weight is 543 g/mol. The molecule has 34 heavy (non-hydrogen) atoms. The first-order valence-corrected chi connectivity index (χ1v) is 12.4. The van der Waals surface area contributed by atoms with Crippen molar-refractivity contribution in [1.82, 2.24) is 20.2 Å². The lowest BCUT2D eigenvalue weighted by Crippen LogP contribution is -2.59. The number of hydrogen-bond acceptors (Lipinski definition) is 6. The van der Waals surface area contributed by atoms with Gasteiger partial charge in [0.25, 0.3) is 5.91 Å². The van der Waals surface area contributed by atoms with Crippen LogP contribution in [-0.4, -0.2) is 56.9 Å². The normalized spacial score (nSPS) is 14.4. The van der Waals surface area contributed by atoms with Crippen LogP contribution in [0.3, 0.4) is 0 Å². The first kappa shape index (κ1) is 24.0. The van der Waals surface area contributed by atoms with Gasteiger partial charge in [-0.25, -0.2) is 9.97 Å². The van der Waals surface area contributed by atoms with Crippen molar-refractivity contribution >= 4 is 45.1 Å². The zero-order valence-electron chi connectivity index (χ0n) is 18.4. The van der Waals surface area contributed by atoms with E-state index in [4.69, 9.17) is 5.11 Å². The third kappa shape index (κ3) is 5.51. The molecule has 0 radical (unpaired) electrons. The molecule has 1 saturated heterocycles. The Bertz CT molecular complexity index is 1190. The van der Waals surface area contributed by atoms with Gasteiger partial charge in [-0.3, -0.25) is 14.4 Å². The van der Waals surface area contributed by atoms with Crippen molar-refractivity contribution in [3.05, 3.63) is 68.6 Å². The van der Waals surface area contributed by atoms with Crippen LogP contribution < -0.4 is 5.32 Å². The van der Waals surface area contributed by atoms with Gasteiger partial charge in [-0.15, -0.1) is 11.3 Å². The van der Waals surface area contributed by atoms with Crippen LogP contribution in [0.2, 0.25) is 0 Å². The van der Waals surface area contributed by atoms with Gasteiger partial charge in [0.15, 0.2) is 5.82 Å². The highest BCUT2D eigenvalue weighted by Crippen LogP contribution is 2.22. The molecule has 1 atom stereocenters. The fourth-order valence-corrected chi connectivity index (χ4v) is 4.70. The molecule has 0 spiro atoms. The lowest BCUT2D eigenvalue weighted by molar-refractivity contribution is -0.153. The highest BCUT2D eigenvalue weighted by Gasteiger charge is 2.38. The van der Waals surface area contributed by atoms with Crippen LogP contribution in [0.5, 0.6) is 0 Å². The summed E-state index contributed by atoms with van der Waals surface area (Å²) in [5.74, 6) is -1.48. The molecule has 176 valence electrons. The third-order valence-corrected chi connectivity index (χ3v) is 7.29. The first-order valence-electron chi connectivity index (χ1n) is 10.8. The number of carboxylic acid groups (broad SMARTS) is 1. The first-order chi connectivity index (χ1) is 16.3. The molecule has 3 heterocycles. The van der Waals surface area contributed by atoms with Gasteiger partial charge < -0.3 is 15.3 Å². The summed E-state index contributed by atoms with van der Waals surface area (Å²) in [5.41, 5.74) is 1.69. The Balaban J connectivity index is 1.50. The Morgan fingerprint density at radius 1 is 1.15 bits per heavy atom. The van der Waals surface area contributed by atoms with E-state index in [0.717, 1.165) is 26.9 Å². The zero-order valence-corrected chi connectivity index (χ0v) is 20.8. The number of rotatable bonds is 8. The van der Waals surface area contributed by atoms with Gasteiger partial charge in [0.05, 0.1) is 15.3 Å². The monoisotopic (exact) mass is 542 g/mol. The SMILES string of the molecule is CCc1ccc(C(=O)N[C@@H](Cc2ccc(-c3ncc(Br)cn3)cc2)C(=O)N2CC(C(=O)O)C2)s1. The van der Waals surface area contributed by atoms with E-state index in [-0.39, 0.29) is 31.3 Å². The molecule has 1 aliphatic rings. The number of nitrogens with zero attached hydrogens (tertiary/aromatic N) is 3. The predicted molar refractivity (Wildman–Crippen MR) is 132 cm³/mol. The van der Waals surface area contributed by atoms with Crippen molar-refractivity contribution in [2.45, 2.75) is 25.8 Å². The maximum atomic E-state index is 13.1. The van der Waals surface area contributed by atoms with E-state index in [1.54, 1.807) is 18.5 Å². The Labute approximate surface area is 209 Å². The predicted octanol–water partition coefficient (Wildman–Crippen LogP) is 3.41. The van der Waals surface area contributed by atoms with E-state index in [0.29, 0.717) is 10.7 Å². The number of carbonyl (C=O) groups excluding carboxylic acids is 2. The summed E-state index contributed by atoms with van der Waals surface area (Å²) in [7, 11) is 0. The Morgan fingerprint density at radius 2 is 1.82 bits per heavy atom. The molecule has 2 aromatic heterocycles. The minimum absolute atomic E-state index is 0.152. The van der Waals surface area contributed by atoms with Gasteiger partial charge in [-0.05, 0) is 40.0 Å². The molecule has 4 rings (SSSR count). The molecule has 2 N–H and O–H groups in total. The maximum Gasteiger partial charge on any atom is 0.310 e. The molecule has 0 saturated carbocycles. The van der Waals surface area contributed by atoms with E-state index in [9.17, 15) is 14.4 Å². The number of aryl methyl sites for hydroxylation is 1. The number of thiophene rings is 1. The Hall–Kier alpha value is -3.11. The minimum atomic E-state index is -0.916.